The van der Waals surface area contributed by atoms with E-state index < -0.39 is 0 Å². The van der Waals surface area contributed by atoms with Crippen molar-refractivity contribution in [3.63, 3.8) is 0 Å². The summed E-state index contributed by atoms with van der Waals surface area (Å²) in [5.41, 5.74) is 12.3. The number of rotatable bonds is 2. The summed E-state index contributed by atoms with van der Waals surface area (Å²) in [6.07, 6.45) is 3.31. The van der Waals surface area contributed by atoms with Crippen molar-refractivity contribution in [1.82, 2.24) is 4.98 Å². The Kier molecular flexibility index (Phi) is 2.96. The largest absolute Gasteiger partial charge is 0.456 e. The molecule has 0 bridgehead atoms. The van der Waals surface area contributed by atoms with Crippen LogP contribution in [-0.2, 0) is 0 Å². The lowest BCUT2D eigenvalue weighted by atomic mass is 10.2. The average molecular weight is 280 g/mol. The van der Waals surface area contributed by atoms with Crippen LogP contribution in [-0.4, -0.2) is 4.98 Å². The fourth-order valence-corrected chi connectivity index (χ4v) is 1.54. The molecule has 1 heterocycles. The first kappa shape index (κ1) is 10.8. The molecule has 4 nitrogen and oxygen atoms in total. The van der Waals surface area contributed by atoms with Crippen LogP contribution in [0.4, 0.5) is 11.4 Å². The Bertz CT molecular complexity index is 516. The maximum absolute atomic E-state index is 5.67. The van der Waals surface area contributed by atoms with Crippen molar-refractivity contribution in [3.05, 3.63) is 41.1 Å². The summed E-state index contributed by atoms with van der Waals surface area (Å²) in [4.78, 5) is 3.99. The summed E-state index contributed by atoms with van der Waals surface area (Å²) in [6.45, 7) is 0. The van der Waals surface area contributed by atoms with Gasteiger partial charge in [0.25, 0.3) is 0 Å². The van der Waals surface area contributed by atoms with Gasteiger partial charge in [-0.1, -0.05) is 0 Å². The standard InChI is InChI=1S/C11H10BrN3O/c12-7-3-9(6-15-5-7)16-8-1-2-10(13)11(14)4-8/h1-6H,13-14H2. The Morgan fingerprint density at radius 1 is 1.00 bits per heavy atom. The molecule has 5 heteroatoms. The van der Waals surface area contributed by atoms with Crippen LogP contribution in [0.3, 0.4) is 0 Å². The van der Waals surface area contributed by atoms with Crippen molar-refractivity contribution in [1.29, 1.82) is 0 Å². The van der Waals surface area contributed by atoms with Gasteiger partial charge in [0.05, 0.1) is 17.6 Å². The van der Waals surface area contributed by atoms with Crippen LogP contribution in [0.2, 0.25) is 0 Å². The second-order valence-corrected chi connectivity index (χ2v) is 4.15. The molecule has 2 rings (SSSR count). The summed E-state index contributed by atoms with van der Waals surface area (Å²) in [5.74, 6) is 1.27. The molecule has 1 aromatic carbocycles. The van der Waals surface area contributed by atoms with Crippen LogP contribution in [0.1, 0.15) is 0 Å². The second-order valence-electron chi connectivity index (χ2n) is 3.23. The van der Waals surface area contributed by atoms with Crippen molar-refractivity contribution in [2.45, 2.75) is 0 Å². The Morgan fingerprint density at radius 2 is 1.81 bits per heavy atom. The topological polar surface area (TPSA) is 74.2 Å². The second kappa shape index (κ2) is 4.40. The van der Waals surface area contributed by atoms with Gasteiger partial charge >= 0.3 is 0 Å². The minimum Gasteiger partial charge on any atom is -0.456 e. The van der Waals surface area contributed by atoms with E-state index in [-0.39, 0.29) is 0 Å². The van der Waals surface area contributed by atoms with Gasteiger partial charge in [-0.05, 0) is 34.1 Å². The number of hydrogen-bond donors (Lipinski definition) is 2. The molecule has 4 N–H and O–H groups in total. The average Bonchev–Trinajstić information content (AvgIpc) is 2.24. The number of aromatic nitrogens is 1. The van der Waals surface area contributed by atoms with E-state index in [1.165, 1.54) is 0 Å². The van der Waals surface area contributed by atoms with Crippen LogP contribution in [0.25, 0.3) is 0 Å². The molecular formula is C11H10BrN3O. The number of benzene rings is 1. The molecule has 1 aromatic heterocycles. The Labute approximate surface area is 101 Å². The highest BCUT2D eigenvalue weighted by Gasteiger charge is 2.01. The van der Waals surface area contributed by atoms with E-state index in [0.29, 0.717) is 22.9 Å². The number of anilines is 2. The van der Waals surface area contributed by atoms with Crippen LogP contribution < -0.4 is 16.2 Å². The summed E-state index contributed by atoms with van der Waals surface area (Å²) in [6, 6.07) is 6.96. The number of nitrogen functional groups attached to an aromatic ring is 2. The minimum absolute atomic E-state index is 0.500. The molecule has 0 unspecified atom stereocenters. The predicted octanol–water partition coefficient (Wildman–Crippen LogP) is 2.80. The minimum atomic E-state index is 0.500. The fraction of sp³-hybridized carbons (Fsp3) is 0. The third-order valence-corrected chi connectivity index (χ3v) is 2.41. The molecule has 0 aliphatic carbocycles. The molecule has 0 amide bonds. The highest BCUT2D eigenvalue weighted by molar-refractivity contribution is 9.10. The van der Waals surface area contributed by atoms with Gasteiger partial charge in [-0.25, -0.2) is 0 Å². The summed E-state index contributed by atoms with van der Waals surface area (Å²) in [7, 11) is 0. The number of nitrogens with two attached hydrogens (primary N) is 2. The van der Waals surface area contributed by atoms with E-state index in [1.807, 2.05) is 6.07 Å². The van der Waals surface area contributed by atoms with E-state index >= 15 is 0 Å². The number of pyridine rings is 1. The van der Waals surface area contributed by atoms with Crippen LogP contribution >= 0.6 is 15.9 Å². The van der Waals surface area contributed by atoms with Gasteiger partial charge in [0, 0.05) is 16.7 Å². The van der Waals surface area contributed by atoms with Gasteiger partial charge in [-0.3, -0.25) is 4.98 Å². The molecule has 0 radical (unpaired) electrons. The van der Waals surface area contributed by atoms with E-state index in [0.717, 1.165) is 4.47 Å². The summed E-state index contributed by atoms with van der Waals surface area (Å²) < 4.78 is 6.42. The van der Waals surface area contributed by atoms with Gasteiger partial charge in [0.2, 0.25) is 0 Å². The molecule has 0 spiro atoms. The zero-order chi connectivity index (χ0) is 11.5. The number of nitrogens with zero attached hydrogens (tertiary/aromatic N) is 1. The first-order chi connectivity index (χ1) is 7.65. The molecular weight excluding hydrogens is 270 g/mol. The Hall–Kier alpha value is -1.75. The van der Waals surface area contributed by atoms with Gasteiger partial charge in [0.1, 0.15) is 11.5 Å². The van der Waals surface area contributed by atoms with Crippen LogP contribution in [0.15, 0.2) is 41.1 Å². The normalized spacial score (nSPS) is 10.1. The molecule has 82 valence electrons. The smallest absolute Gasteiger partial charge is 0.146 e. The molecule has 2 aromatic rings. The molecule has 0 atom stereocenters. The lowest BCUT2D eigenvalue weighted by Crippen LogP contribution is -1.94. The van der Waals surface area contributed by atoms with Crippen LogP contribution in [0.5, 0.6) is 11.5 Å². The predicted molar refractivity (Wildman–Crippen MR) is 67.3 cm³/mol. The maximum atomic E-state index is 5.67. The molecule has 0 saturated carbocycles. The van der Waals surface area contributed by atoms with E-state index in [1.54, 1.807) is 30.6 Å². The van der Waals surface area contributed by atoms with Crippen LogP contribution in [0, 0.1) is 0 Å². The molecule has 0 fully saturated rings. The molecule has 0 aliphatic heterocycles. The quantitative estimate of drug-likeness (QED) is 0.829. The number of hydrogen-bond acceptors (Lipinski definition) is 4. The van der Waals surface area contributed by atoms with Crippen molar-refractivity contribution in [2.75, 3.05) is 11.5 Å². The van der Waals surface area contributed by atoms with Gasteiger partial charge in [0.15, 0.2) is 0 Å². The van der Waals surface area contributed by atoms with Crippen molar-refractivity contribution in [3.8, 4) is 11.5 Å². The first-order valence-electron chi connectivity index (χ1n) is 4.58. The Balaban J connectivity index is 2.24. The number of halogens is 1. The zero-order valence-corrected chi connectivity index (χ0v) is 9.94. The van der Waals surface area contributed by atoms with E-state index in [9.17, 15) is 0 Å². The maximum Gasteiger partial charge on any atom is 0.146 e. The summed E-state index contributed by atoms with van der Waals surface area (Å²) >= 11 is 3.31. The third kappa shape index (κ3) is 2.43. The van der Waals surface area contributed by atoms with Crippen molar-refractivity contribution < 1.29 is 4.74 Å². The monoisotopic (exact) mass is 279 g/mol. The highest BCUT2D eigenvalue weighted by atomic mass is 79.9. The van der Waals surface area contributed by atoms with E-state index in [4.69, 9.17) is 16.2 Å². The fourth-order valence-electron chi connectivity index (χ4n) is 1.20. The van der Waals surface area contributed by atoms with E-state index in [2.05, 4.69) is 20.9 Å². The van der Waals surface area contributed by atoms with Gasteiger partial charge in [-0.2, -0.15) is 0 Å². The highest BCUT2D eigenvalue weighted by Crippen LogP contribution is 2.27. The summed E-state index contributed by atoms with van der Waals surface area (Å²) in [5, 5.41) is 0. The SMILES string of the molecule is Nc1ccc(Oc2cncc(Br)c2)cc1N. The zero-order valence-electron chi connectivity index (χ0n) is 8.35. The van der Waals surface area contributed by atoms with Gasteiger partial charge < -0.3 is 16.2 Å². The lowest BCUT2D eigenvalue weighted by molar-refractivity contribution is 0.480. The lowest BCUT2D eigenvalue weighted by Gasteiger charge is -2.07. The molecule has 0 aliphatic rings. The Morgan fingerprint density at radius 3 is 2.50 bits per heavy atom. The van der Waals surface area contributed by atoms with Crippen molar-refractivity contribution in [2.24, 2.45) is 0 Å². The first-order valence-corrected chi connectivity index (χ1v) is 5.38. The van der Waals surface area contributed by atoms with Crippen molar-refractivity contribution >= 4 is 27.3 Å². The molecule has 0 saturated heterocycles. The molecule has 16 heavy (non-hydrogen) atoms. The third-order valence-electron chi connectivity index (χ3n) is 1.97. The van der Waals surface area contributed by atoms with Gasteiger partial charge in [-0.15, -0.1) is 0 Å². The number of ether oxygens (including phenoxy) is 1.